The monoisotopic (exact) mass is 543 g/mol. The van der Waals surface area contributed by atoms with Crippen LogP contribution in [0, 0.1) is 0 Å². The zero-order chi connectivity index (χ0) is 26.6. The van der Waals surface area contributed by atoms with Gasteiger partial charge in [0.15, 0.2) is 11.5 Å². The predicted molar refractivity (Wildman–Crippen MR) is 148 cm³/mol. The van der Waals surface area contributed by atoms with E-state index in [1.54, 1.807) is 11.0 Å². The molecule has 2 aliphatic heterocycles. The van der Waals surface area contributed by atoms with Gasteiger partial charge in [0.25, 0.3) is 5.91 Å². The number of benzene rings is 2. The van der Waals surface area contributed by atoms with Gasteiger partial charge in [0, 0.05) is 30.3 Å². The molecule has 0 spiro atoms. The third-order valence-electron chi connectivity index (χ3n) is 6.95. The highest BCUT2D eigenvalue weighted by molar-refractivity contribution is 7.10. The van der Waals surface area contributed by atoms with Crippen LogP contribution >= 0.6 is 11.3 Å². The summed E-state index contributed by atoms with van der Waals surface area (Å²) < 4.78 is 16.7. The van der Waals surface area contributed by atoms with E-state index in [0.29, 0.717) is 30.3 Å². The highest BCUT2D eigenvalue weighted by atomic mass is 32.1. The van der Waals surface area contributed by atoms with Gasteiger partial charge in [0.1, 0.15) is 11.7 Å². The number of hydrogen-bond acceptors (Lipinski definition) is 6. The van der Waals surface area contributed by atoms with Crippen LogP contribution in [-0.4, -0.2) is 47.7 Å². The average Bonchev–Trinajstić information content (AvgIpc) is 3.79. The normalized spacial score (nSPS) is 16.7. The molecule has 1 fully saturated rings. The Balaban J connectivity index is 1.34. The number of rotatable bonds is 9. The van der Waals surface area contributed by atoms with Crippen molar-refractivity contribution in [2.24, 2.45) is 0 Å². The van der Waals surface area contributed by atoms with Crippen LogP contribution in [-0.2, 0) is 16.1 Å². The third-order valence-corrected chi connectivity index (χ3v) is 7.88. The van der Waals surface area contributed by atoms with Crippen LogP contribution in [0.2, 0.25) is 0 Å². The minimum atomic E-state index is -0.826. The van der Waals surface area contributed by atoms with Gasteiger partial charge < -0.3 is 29.4 Å². The number of nitrogens with zero attached hydrogens (tertiary/aromatic N) is 1. The molecule has 2 aromatic heterocycles. The molecule has 2 N–H and O–H groups in total. The predicted octanol–water partition coefficient (Wildman–Crippen LogP) is 5.15. The van der Waals surface area contributed by atoms with Crippen LogP contribution in [0.5, 0.6) is 11.5 Å². The van der Waals surface area contributed by atoms with Gasteiger partial charge in [-0.15, -0.1) is 11.3 Å². The maximum absolute atomic E-state index is 14.2. The van der Waals surface area contributed by atoms with Crippen LogP contribution in [0.1, 0.15) is 39.8 Å². The lowest BCUT2D eigenvalue weighted by Gasteiger charge is -2.30. The molecule has 2 amide bonds. The Hall–Kier alpha value is -4.08. The number of fused-ring (bicyclic) bond motifs is 1. The van der Waals surface area contributed by atoms with E-state index in [2.05, 4.69) is 10.3 Å². The summed E-state index contributed by atoms with van der Waals surface area (Å²) in [5.41, 5.74) is 3.04. The van der Waals surface area contributed by atoms with Crippen LogP contribution in [0.4, 0.5) is 0 Å². The van der Waals surface area contributed by atoms with Crippen molar-refractivity contribution in [2.45, 2.75) is 31.5 Å². The van der Waals surface area contributed by atoms with E-state index < -0.39 is 6.04 Å². The maximum atomic E-state index is 14.2. The van der Waals surface area contributed by atoms with Gasteiger partial charge >= 0.3 is 0 Å². The van der Waals surface area contributed by atoms with E-state index in [0.717, 1.165) is 34.5 Å². The van der Waals surface area contributed by atoms with Crippen LogP contribution in [0.25, 0.3) is 11.3 Å². The first-order valence-electron chi connectivity index (χ1n) is 13.0. The van der Waals surface area contributed by atoms with Gasteiger partial charge in [0.05, 0.1) is 6.10 Å². The van der Waals surface area contributed by atoms with Crippen LogP contribution in [0.15, 0.2) is 78.2 Å². The molecule has 200 valence electrons. The smallest absolute Gasteiger partial charge is 0.271 e. The quantitative estimate of drug-likeness (QED) is 0.305. The van der Waals surface area contributed by atoms with Crippen molar-refractivity contribution in [1.29, 1.82) is 0 Å². The highest BCUT2D eigenvalue weighted by Gasteiger charge is 2.34. The van der Waals surface area contributed by atoms with E-state index in [9.17, 15) is 9.59 Å². The van der Waals surface area contributed by atoms with Gasteiger partial charge in [-0.2, -0.15) is 0 Å². The standard InChI is InChI=1S/C30H29N3O5S/c34-29(31-17-22-8-4-14-36-22)28(27-9-5-15-39-27)33(18-20-10-13-25-26(16-20)38-19-37-25)30(35)24-12-11-23(32-24)21-6-2-1-3-7-21/h1-3,5-7,9-13,15-16,22,28,32H,4,8,14,17-19H2,(H,31,34)/t22-,28+/m1/s1. The molecule has 4 aromatic rings. The summed E-state index contributed by atoms with van der Waals surface area (Å²) in [5.74, 6) is 0.775. The number of aromatic amines is 1. The fourth-order valence-electron chi connectivity index (χ4n) is 4.96. The number of thiophene rings is 1. The molecule has 0 aliphatic carbocycles. The van der Waals surface area contributed by atoms with E-state index in [4.69, 9.17) is 14.2 Å². The van der Waals surface area contributed by atoms with E-state index in [-0.39, 0.29) is 31.3 Å². The number of ether oxygens (including phenoxy) is 3. The number of carbonyl (C=O) groups is 2. The Morgan fingerprint density at radius 2 is 1.90 bits per heavy atom. The Labute approximate surface area is 230 Å². The summed E-state index contributed by atoms with van der Waals surface area (Å²) in [7, 11) is 0. The summed E-state index contributed by atoms with van der Waals surface area (Å²) >= 11 is 1.45. The first-order chi connectivity index (χ1) is 19.2. The zero-order valence-electron chi connectivity index (χ0n) is 21.3. The molecule has 1 saturated heterocycles. The Kier molecular flexibility index (Phi) is 7.33. The number of aromatic nitrogens is 1. The molecule has 2 atom stereocenters. The molecular formula is C30H29N3O5S. The highest BCUT2D eigenvalue weighted by Crippen LogP contribution is 2.35. The van der Waals surface area contributed by atoms with Gasteiger partial charge in [0.2, 0.25) is 12.7 Å². The van der Waals surface area contributed by atoms with Crippen molar-refractivity contribution in [3.8, 4) is 22.8 Å². The van der Waals surface area contributed by atoms with Crippen molar-refractivity contribution in [3.05, 3.63) is 94.3 Å². The van der Waals surface area contributed by atoms with Gasteiger partial charge in [-0.1, -0.05) is 42.5 Å². The summed E-state index contributed by atoms with van der Waals surface area (Å²) in [4.78, 5) is 33.6. The molecule has 4 heterocycles. The fourth-order valence-corrected chi connectivity index (χ4v) is 5.80. The van der Waals surface area contributed by atoms with E-state index >= 15 is 0 Å². The van der Waals surface area contributed by atoms with Gasteiger partial charge in [-0.25, -0.2) is 0 Å². The molecule has 9 heteroatoms. The molecule has 0 bridgehead atoms. The Bertz CT molecular complexity index is 1430. The topological polar surface area (TPSA) is 92.9 Å². The Morgan fingerprint density at radius 1 is 1.03 bits per heavy atom. The second kappa shape index (κ2) is 11.3. The third kappa shape index (κ3) is 5.55. The van der Waals surface area contributed by atoms with E-state index in [1.807, 2.05) is 72.1 Å². The van der Waals surface area contributed by atoms with E-state index in [1.165, 1.54) is 11.3 Å². The first kappa shape index (κ1) is 25.2. The fraction of sp³-hybridized carbons (Fsp3) is 0.267. The minimum Gasteiger partial charge on any atom is -0.454 e. The molecular weight excluding hydrogens is 514 g/mol. The first-order valence-corrected chi connectivity index (χ1v) is 13.9. The lowest BCUT2D eigenvalue weighted by molar-refractivity contribution is -0.126. The molecule has 0 saturated carbocycles. The molecule has 0 radical (unpaired) electrons. The largest absolute Gasteiger partial charge is 0.454 e. The summed E-state index contributed by atoms with van der Waals surface area (Å²) in [6.45, 7) is 1.48. The van der Waals surface area contributed by atoms with Gasteiger partial charge in [-0.05, 0) is 59.7 Å². The number of amides is 2. The average molecular weight is 544 g/mol. The second-order valence-corrected chi connectivity index (χ2v) is 10.5. The van der Waals surface area contributed by atoms with Crippen molar-refractivity contribution >= 4 is 23.2 Å². The minimum absolute atomic E-state index is 0.00668. The lowest BCUT2D eigenvalue weighted by Crippen LogP contribution is -2.44. The van der Waals surface area contributed by atoms with Gasteiger partial charge in [-0.3, -0.25) is 9.59 Å². The molecule has 39 heavy (non-hydrogen) atoms. The maximum Gasteiger partial charge on any atom is 0.271 e. The summed E-state index contributed by atoms with van der Waals surface area (Å²) in [5, 5.41) is 4.97. The zero-order valence-corrected chi connectivity index (χ0v) is 22.1. The Morgan fingerprint density at radius 3 is 2.69 bits per heavy atom. The number of H-pyrrole nitrogens is 1. The van der Waals surface area contributed by atoms with Crippen molar-refractivity contribution in [3.63, 3.8) is 0 Å². The van der Waals surface area contributed by atoms with Crippen molar-refractivity contribution < 1.29 is 23.8 Å². The number of hydrogen-bond donors (Lipinski definition) is 2. The lowest BCUT2D eigenvalue weighted by atomic mass is 10.1. The number of nitrogens with one attached hydrogen (secondary N) is 2. The summed E-state index contributed by atoms with van der Waals surface area (Å²) in [6, 6.07) is 22.0. The molecule has 2 aromatic carbocycles. The van der Waals surface area contributed by atoms with Crippen molar-refractivity contribution in [1.82, 2.24) is 15.2 Å². The molecule has 6 rings (SSSR count). The van der Waals surface area contributed by atoms with Crippen LogP contribution < -0.4 is 14.8 Å². The van der Waals surface area contributed by atoms with Crippen molar-refractivity contribution in [2.75, 3.05) is 19.9 Å². The van der Waals surface area contributed by atoms with Crippen LogP contribution in [0.3, 0.4) is 0 Å². The summed E-state index contributed by atoms with van der Waals surface area (Å²) in [6.07, 6.45) is 1.89. The second-order valence-electron chi connectivity index (χ2n) is 9.57. The molecule has 2 aliphatic rings. The number of carbonyl (C=O) groups excluding carboxylic acids is 2. The molecule has 8 nitrogen and oxygen atoms in total. The SMILES string of the molecule is O=C(NC[C@H]1CCCO1)[C@H](c1cccs1)N(Cc1ccc2c(c1)OCO2)C(=O)c1ccc(-c2ccccc2)[nH]1. The molecule has 0 unspecified atom stereocenters.